The Bertz CT molecular complexity index is 478. The summed E-state index contributed by atoms with van der Waals surface area (Å²) in [4.78, 5) is 23.1. The van der Waals surface area contributed by atoms with Crippen LogP contribution in [0.25, 0.3) is 0 Å². The number of carboxylic acids is 1. The molecule has 1 amide bonds. The second kappa shape index (κ2) is 6.51. The number of carbonyl (C=O) groups is 2. The minimum absolute atomic E-state index is 0.0626. The second-order valence-electron chi connectivity index (χ2n) is 5.10. The number of aromatic nitrogens is 2. The molecule has 0 fully saturated rings. The average molecular weight is 282 g/mol. The van der Waals surface area contributed by atoms with Crippen LogP contribution in [0.4, 0.5) is 5.69 Å². The molecule has 0 radical (unpaired) electrons. The van der Waals surface area contributed by atoms with E-state index in [1.165, 1.54) is 0 Å². The number of aromatic amines is 1. The predicted molar refractivity (Wildman–Crippen MR) is 75.6 cm³/mol. The summed E-state index contributed by atoms with van der Waals surface area (Å²) < 4.78 is 0. The topological polar surface area (TPSA) is 107 Å². The summed E-state index contributed by atoms with van der Waals surface area (Å²) in [6.07, 6.45) is 1.18. The number of carboxylic acid groups (broad SMARTS) is 1. The van der Waals surface area contributed by atoms with Gasteiger partial charge in [-0.1, -0.05) is 13.3 Å². The first-order valence-electron chi connectivity index (χ1n) is 6.60. The summed E-state index contributed by atoms with van der Waals surface area (Å²) >= 11 is 0. The molecule has 0 saturated carbocycles. The number of aryl methyl sites for hydroxylation is 2. The molecule has 112 valence electrons. The van der Waals surface area contributed by atoms with Gasteiger partial charge in [-0.05, 0) is 27.2 Å². The van der Waals surface area contributed by atoms with E-state index >= 15 is 0 Å². The summed E-state index contributed by atoms with van der Waals surface area (Å²) in [5.41, 5.74) is 1.02. The van der Waals surface area contributed by atoms with Crippen LogP contribution in [0.5, 0.6) is 0 Å². The molecule has 20 heavy (non-hydrogen) atoms. The van der Waals surface area contributed by atoms with Crippen LogP contribution in [0.3, 0.4) is 0 Å². The number of hydrogen-bond acceptors (Lipinski definition) is 4. The normalized spacial score (nSPS) is 13.8. The summed E-state index contributed by atoms with van der Waals surface area (Å²) in [5, 5.41) is 21.5. The maximum absolute atomic E-state index is 11.9. The molecule has 1 rings (SSSR count). The van der Waals surface area contributed by atoms with E-state index in [-0.39, 0.29) is 12.5 Å². The van der Waals surface area contributed by atoms with E-state index in [1.807, 2.05) is 13.8 Å². The van der Waals surface area contributed by atoms with Gasteiger partial charge in [-0.3, -0.25) is 20.0 Å². The highest BCUT2D eigenvalue weighted by atomic mass is 16.4. The number of carbonyl (C=O) groups excluding carboxylic acids is 1. The minimum atomic E-state index is -1.09. The zero-order valence-electron chi connectivity index (χ0n) is 12.3. The molecule has 0 saturated heterocycles. The van der Waals surface area contributed by atoms with Gasteiger partial charge in [-0.15, -0.1) is 0 Å². The molecule has 0 aliphatic rings. The van der Waals surface area contributed by atoms with E-state index in [0.717, 1.165) is 12.1 Å². The van der Waals surface area contributed by atoms with E-state index < -0.39 is 11.5 Å². The fourth-order valence-electron chi connectivity index (χ4n) is 1.96. The van der Waals surface area contributed by atoms with Crippen molar-refractivity contribution in [3.63, 3.8) is 0 Å². The fourth-order valence-corrected chi connectivity index (χ4v) is 1.96. The van der Waals surface area contributed by atoms with Crippen LogP contribution >= 0.6 is 0 Å². The second-order valence-corrected chi connectivity index (χ2v) is 5.10. The van der Waals surface area contributed by atoms with Crippen LogP contribution in [0, 0.1) is 13.8 Å². The SMILES string of the molecule is CCCC(C)(NCC(=O)Nc1c(C)n[nH]c1C)C(=O)O. The van der Waals surface area contributed by atoms with Crippen molar-refractivity contribution in [1.29, 1.82) is 0 Å². The standard InChI is InChI=1S/C13H22N4O3/c1-5-6-13(4,12(19)20)14-7-10(18)15-11-8(2)16-17-9(11)3/h14H,5-7H2,1-4H3,(H,15,18)(H,16,17)(H,19,20). The van der Waals surface area contributed by atoms with Crippen LogP contribution in [0.1, 0.15) is 38.1 Å². The third kappa shape index (κ3) is 3.80. The Kier molecular flexibility index (Phi) is 5.26. The van der Waals surface area contributed by atoms with Crippen LogP contribution in [-0.2, 0) is 9.59 Å². The van der Waals surface area contributed by atoms with Crippen molar-refractivity contribution in [2.75, 3.05) is 11.9 Å². The number of hydrogen-bond donors (Lipinski definition) is 4. The van der Waals surface area contributed by atoms with Crippen molar-refractivity contribution in [3.8, 4) is 0 Å². The van der Waals surface area contributed by atoms with E-state index in [4.69, 9.17) is 0 Å². The molecular weight excluding hydrogens is 260 g/mol. The zero-order valence-corrected chi connectivity index (χ0v) is 12.3. The van der Waals surface area contributed by atoms with Gasteiger partial charge >= 0.3 is 5.97 Å². The summed E-state index contributed by atoms with van der Waals surface area (Å²) in [6.45, 7) is 7.01. The molecule has 0 aliphatic carbocycles. The van der Waals surface area contributed by atoms with Crippen molar-refractivity contribution in [2.24, 2.45) is 0 Å². The number of nitrogens with one attached hydrogen (secondary N) is 3. The minimum Gasteiger partial charge on any atom is -0.480 e. The number of nitrogens with zero attached hydrogens (tertiary/aromatic N) is 1. The fraction of sp³-hybridized carbons (Fsp3) is 0.615. The predicted octanol–water partition coefficient (Wildman–Crippen LogP) is 1.20. The monoisotopic (exact) mass is 282 g/mol. The maximum Gasteiger partial charge on any atom is 0.323 e. The van der Waals surface area contributed by atoms with Gasteiger partial charge in [-0.25, -0.2) is 0 Å². The third-order valence-electron chi connectivity index (χ3n) is 3.25. The Morgan fingerprint density at radius 1 is 1.40 bits per heavy atom. The van der Waals surface area contributed by atoms with E-state index in [9.17, 15) is 14.7 Å². The highest BCUT2D eigenvalue weighted by molar-refractivity contribution is 5.93. The summed E-state index contributed by atoms with van der Waals surface area (Å²) in [7, 11) is 0. The Balaban J connectivity index is 2.61. The first-order valence-corrected chi connectivity index (χ1v) is 6.60. The number of aliphatic carboxylic acids is 1. The van der Waals surface area contributed by atoms with Crippen molar-refractivity contribution in [1.82, 2.24) is 15.5 Å². The van der Waals surface area contributed by atoms with Crippen LogP contribution in [0.2, 0.25) is 0 Å². The van der Waals surface area contributed by atoms with Gasteiger partial charge in [0.2, 0.25) is 5.91 Å². The summed E-state index contributed by atoms with van der Waals surface area (Å²) in [5.74, 6) is -1.25. The van der Waals surface area contributed by atoms with Gasteiger partial charge in [0.1, 0.15) is 5.54 Å². The van der Waals surface area contributed by atoms with Crippen LogP contribution in [0.15, 0.2) is 0 Å². The van der Waals surface area contributed by atoms with Gasteiger partial charge < -0.3 is 10.4 Å². The highest BCUT2D eigenvalue weighted by Crippen LogP contribution is 2.16. The number of rotatable bonds is 7. The number of anilines is 1. The smallest absolute Gasteiger partial charge is 0.323 e. The third-order valence-corrected chi connectivity index (χ3v) is 3.25. The lowest BCUT2D eigenvalue weighted by atomic mass is 9.96. The largest absolute Gasteiger partial charge is 0.480 e. The molecule has 0 bridgehead atoms. The molecule has 7 heteroatoms. The Morgan fingerprint density at radius 3 is 2.50 bits per heavy atom. The Morgan fingerprint density at radius 2 is 2.05 bits per heavy atom. The van der Waals surface area contributed by atoms with Crippen molar-refractivity contribution < 1.29 is 14.7 Å². The first-order chi connectivity index (χ1) is 9.30. The van der Waals surface area contributed by atoms with Crippen molar-refractivity contribution >= 4 is 17.6 Å². The van der Waals surface area contributed by atoms with Crippen molar-refractivity contribution in [3.05, 3.63) is 11.4 Å². The summed E-state index contributed by atoms with van der Waals surface area (Å²) in [6, 6.07) is 0. The molecule has 1 aromatic heterocycles. The maximum atomic E-state index is 11.9. The number of amides is 1. The number of H-pyrrole nitrogens is 1. The van der Waals surface area contributed by atoms with E-state index in [0.29, 0.717) is 17.8 Å². The van der Waals surface area contributed by atoms with E-state index in [2.05, 4.69) is 20.8 Å². The first kappa shape index (κ1) is 16.2. The molecule has 0 aromatic carbocycles. The van der Waals surface area contributed by atoms with Gasteiger partial charge in [0.05, 0.1) is 23.6 Å². The lowest BCUT2D eigenvalue weighted by Crippen LogP contribution is -2.51. The molecule has 1 atom stereocenters. The lowest BCUT2D eigenvalue weighted by molar-refractivity contribution is -0.144. The lowest BCUT2D eigenvalue weighted by Gasteiger charge is -2.25. The molecule has 1 unspecified atom stereocenters. The molecule has 0 aliphatic heterocycles. The quantitative estimate of drug-likeness (QED) is 0.601. The molecule has 4 N–H and O–H groups in total. The highest BCUT2D eigenvalue weighted by Gasteiger charge is 2.32. The van der Waals surface area contributed by atoms with Crippen molar-refractivity contribution in [2.45, 2.75) is 46.1 Å². The van der Waals surface area contributed by atoms with Gasteiger partial charge in [-0.2, -0.15) is 5.10 Å². The van der Waals surface area contributed by atoms with E-state index in [1.54, 1.807) is 13.8 Å². The van der Waals surface area contributed by atoms with Crippen LogP contribution in [-0.4, -0.2) is 39.3 Å². The molecule has 0 spiro atoms. The molecule has 1 heterocycles. The molecule has 1 aromatic rings. The van der Waals surface area contributed by atoms with Gasteiger partial charge in [0.15, 0.2) is 0 Å². The van der Waals surface area contributed by atoms with Crippen LogP contribution < -0.4 is 10.6 Å². The molecular formula is C13H22N4O3. The molecule has 7 nitrogen and oxygen atoms in total. The van der Waals surface area contributed by atoms with Gasteiger partial charge in [0.25, 0.3) is 0 Å². The Hall–Kier alpha value is -1.89. The Labute approximate surface area is 118 Å². The van der Waals surface area contributed by atoms with Gasteiger partial charge in [0, 0.05) is 0 Å². The zero-order chi connectivity index (χ0) is 15.3. The average Bonchev–Trinajstić information content (AvgIpc) is 2.68.